The van der Waals surface area contributed by atoms with Crippen molar-refractivity contribution in [1.29, 1.82) is 0 Å². The van der Waals surface area contributed by atoms with Crippen molar-refractivity contribution in [2.45, 2.75) is 39.0 Å². The van der Waals surface area contributed by atoms with E-state index in [1.165, 1.54) is 12.8 Å². The van der Waals surface area contributed by atoms with Gasteiger partial charge in [-0.1, -0.05) is 6.92 Å². The third-order valence-electron chi connectivity index (χ3n) is 2.55. The molecule has 1 amide bonds. The molecule has 1 aliphatic rings. The molecular weight excluding hydrogens is 214 g/mol. The third-order valence-corrected chi connectivity index (χ3v) is 2.55. The van der Waals surface area contributed by atoms with Gasteiger partial charge in [-0.05, 0) is 32.2 Å². The summed E-state index contributed by atoms with van der Waals surface area (Å²) in [4.78, 5) is 12.0. The van der Waals surface area contributed by atoms with Crippen molar-refractivity contribution >= 4 is 6.41 Å². The number of alkyl halides is 2. The molecule has 2 N–H and O–H groups in total. The van der Waals surface area contributed by atoms with Crippen molar-refractivity contribution in [3.8, 4) is 0 Å². The summed E-state index contributed by atoms with van der Waals surface area (Å²) < 4.78 is 23.3. The van der Waals surface area contributed by atoms with Gasteiger partial charge in [0.25, 0.3) is 0 Å². The lowest BCUT2D eigenvalue weighted by molar-refractivity contribution is -0.119. The number of carbonyl (C=O) groups is 1. The van der Waals surface area contributed by atoms with Gasteiger partial charge in [0, 0.05) is 19.5 Å². The molecule has 0 aromatic heterocycles. The highest BCUT2D eigenvalue weighted by Crippen LogP contribution is 2.14. The van der Waals surface area contributed by atoms with E-state index in [9.17, 15) is 13.6 Å². The average Bonchev–Trinajstić information content (AvgIpc) is 2.18. The predicted molar refractivity (Wildman–Crippen MR) is 60.3 cm³/mol. The third kappa shape index (κ3) is 8.59. The number of carbonyl (C=O) groups excluding carboxylic acids is 1. The molecule has 0 radical (unpaired) electrons. The zero-order valence-electron chi connectivity index (χ0n) is 10.1. The molecule has 5 heteroatoms. The van der Waals surface area contributed by atoms with Gasteiger partial charge >= 0.3 is 0 Å². The highest BCUT2D eigenvalue weighted by molar-refractivity contribution is 5.46. The van der Waals surface area contributed by atoms with Crippen molar-refractivity contribution in [3.63, 3.8) is 0 Å². The van der Waals surface area contributed by atoms with Crippen molar-refractivity contribution in [3.05, 3.63) is 0 Å². The molecule has 0 spiro atoms. The number of hydrogen-bond donors (Lipinski definition) is 1. The molecule has 0 aliphatic carbocycles. The molecule has 96 valence electrons. The van der Waals surface area contributed by atoms with Crippen LogP contribution in [-0.4, -0.2) is 36.9 Å². The Hall–Kier alpha value is -0.710. The van der Waals surface area contributed by atoms with Crippen LogP contribution in [0.25, 0.3) is 0 Å². The summed E-state index contributed by atoms with van der Waals surface area (Å²) >= 11 is 0. The largest absolute Gasteiger partial charge is 0.345 e. The lowest BCUT2D eigenvalue weighted by atomic mass is 10.00. The Bertz CT molecular complexity index is 187. The summed E-state index contributed by atoms with van der Waals surface area (Å²) in [6, 6.07) is 0. The van der Waals surface area contributed by atoms with Crippen LogP contribution in [0.4, 0.5) is 8.78 Å². The first-order chi connectivity index (χ1) is 7.39. The van der Waals surface area contributed by atoms with E-state index in [1.54, 1.807) is 0 Å². The minimum Gasteiger partial charge on any atom is -0.345 e. The predicted octanol–water partition coefficient (Wildman–Crippen LogP) is 1.87. The fourth-order valence-electron chi connectivity index (χ4n) is 1.39. The molecule has 16 heavy (non-hydrogen) atoms. The number of nitrogens with zero attached hydrogens (tertiary/aromatic N) is 1. The monoisotopic (exact) mass is 236 g/mol. The molecule has 0 aromatic carbocycles. The second-order valence-corrected chi connectivity index (χ2v) is 4.43. The van der Waals surface area contributed by atoms with Crippen LogP contribution >= 0.6 is 0 Å². The fourth-order valence-corrected chi connectivity index (χ4v) is 1.39. The van der Waals surface area contributed by atoms with Gasteiger partial charge in [0.05, 0.1) is 0 Å². The van der Waals surface area contributed by atoms with Gasteiger partial charge in [0.15, 0.2) is 0 Å². The second-order valence-electron chi connectivity index (χ2n) is 4.43. The van der Waals surface area contributed by atoms with Gasteiger partial charge in [0.1, 0.15) is 0 Å². The summed E-state index contributed by atoms with van der Waals surface area (Å²) in [5.41, 5.74) is 4.83. The molecule has 1 fully saturated rings. The van der Waals surface area contributed by atoms with Crippen molar-refractivity contribution in [2.24, 2.45) is 11.7 Å². The Morgan fingerprint density at radius 2 is 1.94 bits per heavy atom. The van der Waals surface area contributed by atoms with E-state index >= 15 is 0 Å². The maximum atomic E-state index is 11.6. The highest BCUT2D eigenvalue weighted by Gasteiger charge is 2.18. The Kier molecular flexibility index (Phi) is 7.21. The second kappa shape index (κ2) is 7.54. The lowest BCUT2D eigenvalue weighted by Gasteiger charge is -2.26. The molecule has 0 atom stereocenters. The smallest absolute Gasteiger partial charge is 0.246 e. The zero-order valence-corrected chi connectivity index (χ0v) is 10.1. The fraction of sp³-hybridized carbons (Fsp3) is 0.909. The first-order valence-electron chi connectivity index (χ1n) is 5.66. The van der Waals surface area contributed by atoms with Gasteiger partial charge in [-0.25, -0.2) is 8.78 Å². The lowest BCUT2D eigenvalue weighted by Crippen LogP contribution is -2.31. The molecule has 3 nitrogen and oxygen atoms in total. The molecule has 1 heterocycles. The van der Waals surface area contributed by atoms with E-state index in [0.717, 1.165) is 32.3 Å². The van der Waals surface area contributed by atoms with Crippen LogP contribution in [0.5, 0.6) is 0 Å². The molecule has 0 unspecified atom stereocenters. The van der Waals surface area contributed by atoms with Gasteiger partial charge in [-0.3, -0.25) is 4.79 Å². The van der Waals surface area contributed by atoms with Crippen LogP contribution in [-0.2, 0) is 4.79 Å². The Balaban J connectivity index is 0.000000293. The summed E-state index contributed by atoms with van der Waals surface area (Å²) in [6.07, 6.45) is 3.09. The van der Waals surface area contributed by atoms with Gasteiger partial charge in [-0.15, -0.1) is 0 Å². The summed E-state index contributed by atoms with van der Waals surface area (Å²) in [5.74, 6) is -1.75. The molecular formula is C11H22F2N2O. The number of amides is 1. The molecule has 0 aromatic rings. The SMILES string of the molecule is CC(F)(F)CCN.CC1CCN(C=O)CC1. The molecule has 1 aliphatic heterocycles. The first kappa shape index (κ1) is 15.3. The number of piperidine rings is 1. The van der Waals surface area contributed by atoms with Crippen molar-refractivity contribution in [2.75, 3.05) is 19.6 Å². The van der Waals surface area contributed by atoms with Crippen LogP contribution in [0, 0.1) is 5.92 Å². The van der Waals surface area contributed by atoms with E-state index in [-0.39, 0.29) is 13.0 Å². The molecule has 1 rings (SSSR count). The van der Waals surface area contributed by atoms with E-state index in [0.29, 0.717) is 0 Å². The number of hydrogen-bond acceptors (Lipinski definition) is 2. The number of halogens is 2. The normalized spacial score (nSPS) is 17.7. The van der Waals surface area contributed by atoms with Crippen LogP contribution in [0.15, 0.2) is 0 Å². The standard InChI is InChI=1S/C7H13NO.C4H9F2N/c1-7-2-4-8(6-9)5-3-7;1-4(5,6)2-3-7/h6-7H,2-5H2,1H3;2-3,7H2,1H3. The average molecular weight is 236 g/mol. The topological polar surface area (TPSA) is 46.3 Å². The van der Waals surface area contributed by atoms with Crippen LogP contribution < -0.4 is 5.73 Å². The summed E-state index contributed by atoms with van der Waals surface area (Å²) in [6.45, 7) is 5.08. The Labute approximate surface area is 96.0 Å². The van der Waals surface area contributed by atoms with E-state index in [1.807, 2.05) is 4.90 Å². The van der Waals surface area contributed by atoms with E-state index < -0.39 is 5.92 Å². The minimum atomic E-state index is -2.57. The van der Waals surface area contributed by atoms with E-state index in [2.05, 4.69) is 6.92 Å². The Morgan fingerprint density at radius 3 is 2.19 bits per heavy atom. The van der Waals surface area contributed by atoms with Gasteiger partial charge in [-0.2, -0.15) is 0 Å². The summed E-state index contributed by atoms with van der Waals surface area (Å²) in [5, 5.41) is 0. The van der Waals surface area contributed by atoms with Crippen LogP contribution in [0.1, 0.15) is 33.1 Å². The van der Waals surface area contributed by atoms with Gasteiger partial charge < -0.3 is 10.6 Å². The minimum absolute atomic E-state index is 0.0590. The van der Waals surface area contributed by atoms with Crippen molar-refractivity contribution in [1.82, 2.24) is 4.90 Å². The van der Waals surface area contributed by atoms with Crippen molar-refractivity contribution < 1.29 is 13.6 Å². The maximum Gasteiger partial charge on any atom is 0.246 e. The molecule has 1 saturated heterocycles. The quantitative estimate of drug-likeness (QED) is 0.760. The summed E-state index contributed by atoms with van der Waals surface area (Å²) in [7, 11) is 0. The zero-order chi connectivity index (χ0) is 12.6. The van der Waals surface area contributed by atoms with Gasteiger partial charge in [0.2, 0.25) is 12.3 Å². The highest BCUT2D eigenvalue weighted by atomic mass is 19.3. The Morgan fingerprint density at radius 1 is 1.44 bits per heavy atom. The number of rotatable bonds is 3. The van der Waals surface area contributed by atoms with Crippen LogP contribution in [0.3, 0.4) is 0 Å². The maximum absolute atomic E-state index is 11.6. The van der Waals surface area contributed by atoms with E-state index in [4.69, 9.17) is 5.73 Å². The first-order valence-corrected chi connectivity index (χ1v) is 5.66. The van der Waals surface area contributed by atoms with Crippen LogP contribution in [0.2, 0.25) is 0 Å². The molecule has 0 bridgehead atoms. The number of nitrogens with two attached hydrogens (primary N) is 1. The number of likely N-dealkylation sites (tertiary alicyclic amines) is 1. The molecule has 0 saturated carbocycles.